The average molecular weight is 442 g/mol. The summed E-state index contributed by atoms with van der Waals surface area (Å²) >= 11 is 1.85. The second kappa shape index (κ2) is 8.31. The molecule has 0 aliphatic carbocycles. The van der Waals surface area contributed by atoms with Crippen molar-refractivity contribution in [1.82, 2.24) is 0 Å². The van der Waals surface area contributed by atoms with Crippen LogP contribution in [0.1, 0.15) is 16.7 Å². The van der Waals surface area contributed by atoms with Crippen molar-refractivity contribution >= 4 is 23.1 Å². The summed E-state index contributed by atoms with van der Waals surface area (Å²) in [5.74, 6) is 0. The molecule has 0 unspecified atom stereocenters. The summed E-state index contributed by atoms with van der Waals surface area (Å²) in [6, 6.07) is 50.2. The maximum atomic E-state index is 2.55. The van der Waals surface area contributed by atoms with Gasteiger partial charge in [0.05, 0.1) is 11.4 Å². The Balaban J connectivity index is 1.79. The first-order chi connectivity index (χ1) is 16.4. The Kier molecular flexibility index (Phi) is 5.01. The van der Waals surface area contributed by atoms with Gasteiger partial charge in [-0.1, -0.05) is 127 Å². The van der Waals surface area contributed by atoms with E-state index in [1.807, 2.05) is 11.8 Å². The summed E-state index contributed by atoms with van der Waals surface area (Å²) in [6.45, 7) is 0. The minimum Gasteiger partial charge on any atom is -0.321 e. The highest BCUT2D eigenvalue weighted by molar-refractivity contribution is 7.99. The van der Waals surface area contributed by atoms with E-state index in [0.717, 1.165) is 0 Å². The zero-order valence-corrected chi connectivity index (χ0v) is 19.0. The quantitative estimate of drug-likeness (QED) is 0.258. The van der Waals surface area contributed by atoms with Crippen molar-refractivity contribution in [1.29, 1.82) is 0 Å². The summed E-state index contributed by atoms with van der Waals surface area (Å²) in [4.78, 5) is 5.08. The summed E-state index contributed by atoms with van der Waals surface area (Å²) in [6.07, 6.45) is 0. The van der Waals surface area contributed by atoms with Crippen LogP contribution >= 0.6 is 11.8 Å². The molecule has 5 aromatic rings. The van der Waals surface area contributed by atoms with E-state index in [1.165, 1.54) is 37.9 Å². The molecule has 0 aromatic heterocycles. The van der Waals surface area contributed by atoms with Gasteiger partial charge in [0.15, 0.2) is 0 Å². The molecule has 5 aromatic carbocycles. The Morgan fingerprint density at radius 2 is 0.727 bits per heavy atom. The normalized spacial score (nSPS) is 12.7. The standard InChI is InChI=1S/C31H23NS/c1-4-14-24(15-5-1)31(25-16-6-2-7-17-25,26-18-8-3-9-19-26)32-27-20-10-12-22-29(27)33-30-23-13-11-21-28(30)32/h1-23H. The van der Waals surface area contributed by atoms with Gasteiger partial charge < -0.3 is 4.90 Å². The second-order valence-corrected chi connectivity index (χ2v) is 9.27. The van der Waals surface area contributed by atoms with Crippen LogP contribution in [0.25, 0.3) is 0 Å². The highest BCUT2D eigenvalue weighted by atomic mass is 32.2. The van der Waals surface area contributed by atoms with Gasteiger partial charge >= 0.3 is 0 Å². The van der Waals surface area contributed by atoms with Crippen LogP contribution in [-0.2, 0) is 5.54 Å². The molecular weight excluding hydrogens is 418 g/mol. The molecule has 1 aliphatic heterocycles. The van der Waals surface area contributed by atoms with Gasteiger partial charge in [0.1, 0.15) is 5.54 Å². The van der Waals surface area contributed by atoms with Gasteiger partial charge in [-0.2, -0.15) is 0 Å². The molecule has 158 valence electrons. The van der Waals surface area contributed by atoms with Gasteiger partial charge in [-0.3, -0.25) is 0 Å². The molecule has 2 heteroatoms. The number of benzene rings is 5. The van der Waals surface area contributed by atoms with Crippen LogP contribution in [-0.4, -0.2) is 0 Å². The van der Waals surface area contributed by atoms with Gasteiger partial charge in [0, 0.05) is 9.79 Å². The van der Waals surface area contributed by atoms with Crippen molar-refractivity contribution < 1.29 is 0 Å². The van der Waals surface area contributed by atoms with Gasteiger partial charge in [-0.25, -0.2) is 0 Å². The van der Waals surface area contributed by atoms with E-state index >= 15 is 0 Å². The minimum atomic E-state index is -0.545. The molecule has 0 atom stereocenters. The number of para-hydroxylation sites is 2. The third-order valence-corrected chi connectivity index (χ3v) is 7.47. The van der Waals surface area contributed by atoms with E-state index in [-0.39, 0.29) is 0 Å². The van der Waals surface area contributed by atoms with Crippen LogP contribution in [0, 0.1) is 0 Å². The Bertz CT molecular complexity index is 1240. The Morgan fingerprint density at radius 3 is 1.12 bits per heavy atom. The van der Waals surface area contributed by atoms with Gasteiger partial charge in [0.25, 0.3) is 0 Å². The van der Waals surface area contributed by atoms with E-state index < -0.39 is 5.54 Å². The smallest absolute Gasteiger partial charge is 0.121 e. The maximum absolute atomic E-state index is 2.55. The SMILES string of the molecule is c1ccc(C(c2ccccc2)(c2ccccc2)N2c3ccccc3Sc3ccccc32)cc1. The van der Waals surface area contributed by atoms with E-state index in [2.05, 4.69) is 144 Å². The Labute approximate surface area is 199 Å². The molecular formula is C31H23NS. The predicted octanol–water partition coefficient (Wildman–Crippen LogP) is 8.28. The molecule has 6 rings (SSSR count). The van der Waals surface area contributed by atoms with Gasteiger partial charge in [-0.15, -0.1) is 0 Å². The van der Waals surface area contributed by atoms with Crippen molar-refractivity contribution in [2.24, 2.45) is 0 Å². The molecule has 0 saturated carbocycles. The lowest BCUT2D eigenvalue weighted by atomic mass is 9.75. The first-order valence-corrected chi connectivity index (χ1v) is 12.0. The molecule has 0 bridgehead atoms. The van der Waals surface area contributed by atoms with E-state index in [0.29, 0.717) is 0 Å². The van der Waals surface area contributed by atoms with Gasteiger partial charge in [0.2, 0.25) is 0 Å². The number of hydrogen-bond donors (Lipinski definition) is 0. The summed E-state index contributed by atoms with van der Waals surface area (Å²) in [7, 11) is 0. The molecule has 0 spiro atoms. The topological polar surface area (TPSA) is 3.24 Å². The lowest BCUT2D eigenvalue weighted by molar-refractivity contribution is 0.618. The molecule has 0 N–H and O–H groups in total. The number of rotatable bonds is 4. The largest absolute Gasteiger partial charge is 0.321 e. The van der Waals surface area contributed by atoms with Crippen molar-refractivity contribution in [2.75, 3.05) is 4.90 Å². The maximum Gasteiger partial charge on any atom is 0.121 e. The number of anilines is 2. The molecule has 1 nitrogen and oxygen atoms in total. The predicted molar refractivity (Wildman–Crippen MR) is 138 cm³/mol. The molecule has 1 heterocycles. The molecule has 33 heavy (non-hydrogen) atoms. The average Bonchev–Trinajstić information content (AvgIpc) is 2.90. The van der Waals surface area contributed by atoms with Crippen molar-refractivity contribution in [3.63, 3.8) is 0 Å². The fraction of sp³-hybridized carbons (Fsp3) is 0.0323. The van der Waals surface area contributed by atoms with E-state index in [9.17, 15) is 0 Å². The van der Waals surface area contributed by atoms with E-state index in [4.69, 9.17) is 0 Å². The van der Waals surface area contributed by atoms with Crippen LogP contribution < -0.4 is 4.90 Å². The first-order valence-electron chi connectivity index (χ1n) is 11.2. The van der Waals surface area contributed by atoms with Crippen LogP contribution in [0.15, 0.2) is 149 Å². The molecule has 0 saturated heterocycles. The summed E-state index contributed by atoms with van der Waals surface area (Å²) in [5, 5.41) is 0. The molecule has 0 amide bonds. The molecule has 0 fully saturated rings. The zero-order chi connectivity index (χ0) is 22.1. The van der Waals surface area contributed by atoms with Gasteiger partial charge in [-0.05, 0) is 41.0 Å². The fourth-order valence-electron chi connectivity index (χ4n) is 4.99. The van der Waals surface area contributed by atoms with Crippen LogP contribution in [0.3, 0.4) is 0 Å². The summed E-state index contributed by atoms with van der Waals surface area (Å²) < 4.78 is 0. The Morgan fingerprint density at radius 1 is 0.394 bits per heavy atom. The minimum absolute atomic E-state index is 0.545. The van der Waals surface area contributed by atoms with Crippen LogP contribution in [0.5, 0.6) is 0 Å². The number of fused-ring (bicyclic) bond motifs is 2. The number of nitrogens with zero attached hydrogens (tertiary/aromatic N) is 1. The fourth-order valence-corrected chi connectivity index (χ4v) is 6.05. The number of hydrogen-bond acceptors (Lipinski definition) is 2. The van der Waals surface area contributed by atoms with Crippen LogP contribution in [0.4, 0.5) is 11.4 Å². The second-order valence-electron chi connectivity index (χ2n) is 8.18. The van der Waals surface area contributed by atoms with Crippen LogP contribution in [0.2, 0.25) is 0 Å². The van der Waals surface area contributed by atoms with Crippen molar-refractivity contribution in [3.8, 4) is 0 Å². The lowest BCUT2D eigenvalue weighted by Gasteiger charge is -2.49. The van der Waals surface area contributed by atoms with Crippen molar-refractivity contribution in [2.45, 2.75) is 15.3 Å². The lowest BCUT2D eigenvalue weighted by Crippen LogP contribution is -2.46. The van der Waals surface area contributed by atoms with Crippen molar-refractivity contribution in [3.05, 3.63) is 156 Å². The third kappa shape index (κ3) is 3.18. The molecule has 0 radical (unpaired) electrons. The zero-order valence-electron chi connectivity index (χ0n) is 18.1. The molecule has 1 aliphatic rings. The Hall–Kier alpha value is -3.75. The summed E-state index contributed by atoms with van der Waals surface area (Å²) in [5.41, 5.74) is 5.60. The monoisotopic (exact) mass is 441 g/mol. The highest BCUT2D eigenvalue weighted by Gasteiger charge is 2.45. The first kappa shape index (κ1) is 19.9. The highest BCUT2D eigenvalue weighted by Crippen LogP contribution is 2.56. The van der Waals surface area contributed by atoms with E-state index in [1.54, 1.807) is 0 Å². The third-order valence-electron chi connectivity index (χ3n) is 6.34.